The van der Waals surface area contributed by atoms with E-state index < -0.39 is 0 Å². The van der Waals surface area contributed by atoms with Crippen LogP contribution in [0.5, 0.6) is 0 Å². The van der Waals surface area contributed by atoms with E-state index in [9.17, 15) is 0 Å². The summed E-state index contributed by atoms with van der Waals surface area (Å²) in [4.78, 5) is 16.5. The highest BCUT2D eigenvalue weighted by molar-refractivity contribution is 7.99. The van der Waals surface area contributed by atoms with Gasteiger partial charge in [0.15, 0.2) is 10.3 Å². The van der Waals surface area contributed by atoms with Crippen molar-refractivity contribution in [2.75, 3.05) is 11.5 Å². The van der Waals surface area contributed by atoms with E-state index in [-0.39, 0.29) is 0 Å². The summed E-state index contributed by atoms with van der Waals surface area (Å²) in [6.45, 7) is 0. The molecule has 2 aromatic rings. The van der Waals surface area contributed by atoms with Gasteiger partial charge in [-0.25, -0.2) is 19.9 Å². The average Bonchev–Trinajstić information content (AvgIpc) is 2.45. The van der Waals surface area contributed by atoms with Crippen LogP contribution in [0.15, 0.2) is 59.4 Å². The van der Waals surface area contributed by atoms with Gasteiger partial charge >= 0.3 is 0 Å². The van der Waals surface area contributed by atoms with Crippen LogP contribution < -0.4 is 0 Å². The first-order valence-electron chi connectivity index (χ1n) is 5.40. The van der Waals surface area contributed by atoms with Crippen molar-refractivity contribution in [3.05, 3.63) is 49.1 Å². The second kappa shape index (κ2) is 7.84. The van der Waals surface area contributed by atoms with Crippen LogP contribution in [0.1, 0.15) is 0 Å². The smallest absolute Gasteiger partial charge is 0.187 e. The summed E-state index contributed by atoms with van der Waals surface area (Å²) in [5, 5.41) is 1.61. The summed E-state index contributed by atoms with van der Waals surface area (Å²) in [5.41, 5.74) is 0. The summed E-state index contributed by atoms with van der Waals surface area (Å²) in [6.07, 6.45) is 11.2. The molecule has 0 aliphatic rings. The Hall–Kier alpha value is -1.40. The number of hydrogen-bond acceptors (Lipinski definition) is 6. The lowest BCUT2D eigenvalue weighted by Gasteiger charge is -1.95. The van der Waals surface area contributed by atoms with Gasteiger partial charge < -0.3 is 0 Å². The molecule has 0 aliphatic carbocycles. The minimum atomic E-state index is 0.807. The third-order valence-corrected chi connectivity index (χ3v) is 3.52. The highest BCUT2D eigenvalue weighted by Crippen LogP contribution is 2.13. The molecule has 0 fully saturated rings. The Morgan fingerprint density at radius 2 is 1.11 bits per heavy atom. The summed E-state index contributed by atoms with van der Waals surface area (Å²) < 4.78 is 0. The molecule has 0 unspecified atom stereocenters. The Morgan fingerprint density at radius 1 is 0.722 bits per heavy atom. The van der Waals surface area contributed by atoms with Gasteiger partial charge in [-0.3, -0.25) is 0 Å². The summed E-state index contributed by atoms with van der Waals surface area (Å²) >= 11 is 3.23. The molecular formula is C12H12N4S2. The Morgan fingerprint density at radius 3 is 1.50 bits per heavy atom. The third-order valence-electron chi connectivity index (χ3n) is 1.87. The predicted octanol–water partition coefficient (Wildman–Crippen LogP) is 2.71. The first-order chi connectivity index (χ1) is 8.95. The van der Waals surface area contributed by atoms with Gasteiger partial charge in [0.05, 0.1) is 0 Å². The normalized spacial score (nSPS) is 10.9. The van der Waals surface area contributed by atoms with Crippen LogP contribution in [0, 0.1) is 0 Å². The molecule has 2 heterocycles. The molecule has 4 nitrogen and oxygen atoms in total. The zero-order valence-electron chi connectivity index (χ0n) is 9.64. The van der Waals surface area contributed by atoms with E-state index >= 15 is 0 Å². The topological polar surface area (TPSA) is 51.6 Å². The van der Waals surface area contributed by atoms with Gasteiger partial charge in [0.1, 0.15) is 0 Å². The maximum absolute atomic E-state index is 4.14. The number of nitrogens with zero attached hydrogens (tertiary/aromatic N) is 4. The quantitative estimate of drug-likeness (QED) is 0.459. The molecule has 2 aromatic heterocycles. The number of aromatic nitrogens is 4. The first-order valence-corrected chi connectivity index (χ1v) is 7.37. The van der Waals surface area contributed by atoms with Gasteiger partial charge in [0.2, 0.25) is 0 Å². The van der Waals surface area contributed by atoms with Crippen molar-refractivity contribution >= 4 is 23.5 Å². The first kappa shape index (κ1) is 13.0. The number of thioether (sulfide) groups is 2. The Kier molecular flexibility index (Phi) is 5.68. The van der Waals surface area contributed by atoms with Gasteiger partial charge in [0.25, 0.3) is 0 Å². The highest BCUT2D eigenvalue weighted by atomic mass is 32.2. The monoisotopic (exact) mass is 276 g/mol. The molecule has 0 spiro atoms. The Labute approximate surface area is 114 Å². The van der Waals surface area contributed by atoms with Crippen molar-refractivity contribution in [3.63, 3.8) is 0 Å². The average molecular weight is 276 g/mol. The van der Waals surface area contributed by atoms with E-state index in [1.807, 2.05) is 12.1 Å². The molecular weight excluding hydrogens is 264 g/mol. The van der Waals surface area contributed by atoms with E-state index in [2.05, 4.69) is 32.1 Å². The fraction of sp³-hybridized carbons (Fsp3) is 0.167. The molecule has 0 bridgehead atoms. The minimum absolute atomic E-state index is 0.807. The molecule has 0 amide bonds. The van der Waals surface area contributed by atoms with E-state index in [1.54, 1.807) is 48.3 Å². The van der Waals surface area contributed by atoms with Crippen LogP contribution in [0.2, 0.25) is 0 Å². The second-order valence-corrected chi connectivity index (χ2v) is 5.13. The summed E-state index contributed by atoms with van der Waals surface area (Å²) in [7, 11) is 0. The SMILES string of the molecule is C(=CCSc1ncccn1)CSc1ncccn1. The molecule has 2 rings (SSSR count). The van der Waals surface area contributed by atoms with Crippen molar-refractivity contribution in [1.82, 2.24) is 19.9 Å². The van der Waals surface area contributed by atoms with Gasteiger partial charge in [-0.15, -0.1) is 0 Å². The highest BCUT2D eigenvalue weighted by Gasteiger charge is 1.93. The lowest BCUT2D eigenvalue weighted by Crippen LogP contribution is -1.85. The van der Waals surface area contributed by atoms with Crippen LogP contribution in [-0.2, 0) is 0 Å². The molecule has 0 aromatic carbocycles. The molecule has 0 N–H and O–H groups in total. The van der Waals surface area contributed by atoms with E-state index in [0.717, 1.165) is 21.8 Å². The molecule has 0 radical (unpaired) electrons. The fourth-order valence-corrected chi connectivity index (χ4v) is 2.41. The molecule has 0 aliphatic heterocycles. The van der Waals surface area contributed by atoms with Crippen LogP contribution in [-0.4, -0.2) is 31.4 Å². The van der Waals surface area contributed by atoms with Gasteiger partial charge in [-0.05, 0) is 12.1 Å². The zero-order valence-corrected chi connectivity index (χ0v) is 11.3. The second-order valence-electron chi connectivity index (χ2n) is 3.16. The lowest BCUT2D eigenvalue weighted by atomic mass is 10.6. The predicted molar refractivity (Wildman–Crippen MR) is 74.7 cm³/mol. The van der Waals surface area contributed by atoms with Gasteiger partial charge in [-0.2, -0.15) is 0 Å². The number of hydrogen-bond donors (Lipinski definition) is 0. The maximum Gasteiger partial charge on any atom is 0.187 e. The van der Waals surface area contributed by atoms with Crippen molar-refractivity contribution in [2.24, 2.45) is 0 Å². The van der Waals surface area contributed by atoms with Gasteiger partial charge in [-0.1, -0.05) is 35.7 Å². The van der Waals surface area contributed by atoms with E-state index in [4.69, 9.17) is 0 Å². The molecule has 92 valence electrons. The number of rotatable bonds is 6. The minimum Gasteiger partial charge on any atom is -0.231 e. The fourth-order valence-electron chi connectivity index (χ4n) is 1.10. The molecule has 0 saturated carbocycles. The largest absolute Gasteiger partial charge is 0.231 e. The van der Waals surface area contributed by atoms with Crippen molar-refractivity contribution < 1.29 is 0 Å². The summed E-state index contributed by atoms with van der Waals surface area (Å²) in [5.74, 6) is 1.75. The molecule has 18 heavy (non-hydrogen) atoms. The molecule has 0 saturated heterocycles. The van der Waals surface area contributed by atoms with E-state index in [1.165, 1.54) is 0 Å². The zero-order chi connectivity index (χ0) is 12.5. The van der Waals surface area contributed by atoms with Crippen LogP contribution in [0.3, 0.4) is 0 Å². The summed E-state index contributed by atoms with van der Waals surface area (Å²) in [6, 6.07) is 3.63. The molecule has 6 heteroatoms. The van der Waals surface area contributed by atoms with Gasteiger partial charge in [0, 0.05) is 36.3 Å². The molecule has 0 atom stereocenters. The Balaban J connectivity index is 1.64. The van der Waals surface area contributed by atoms with Crippen molar-refractivity contribution in [3.8, 4) is 0 Å². The van der Waals surface area contributed by atoms with Crippen LogP contribution in [0.25, 0.3) is 0 Å². The Bertz CT molecular complexity index is 430. The van der Waals surface area contributed by atoms with E-state index in [0.29, 0.717) is 0 Å². The standard InChI is InChI=1S/C12H12N4S2/c1(9-17-11-13-5-3-6-14-11)2-10-18-12-15-7-4-8-16-12/h1-8H,9-10H2. The lowest BCUT2D eigenvalue weighted by molar-refractivity contribution is 0.968. The van der Waals surface area contributed by atoms with Crippen molar-refractivity contribution in [2.45, 2.75) is 10.3 Å². The van der Waals surface area contributed by atoms with Crippen LogP contribution >= 0.6 is 23.5 Å². The van der Waals surface area contributed by atoms with Crippen molar-refractivity contribution in [1.29, 1.82) is 0 Å². The third kappa shape index (κ3) is 4.85. The van der Waals surface area contributed by atoms with Crippen LogP contribution in [0.4, 0.5) is 0 Å². The maximum atomic E-state index is 4.14.